The lowest BCUT2D eigenvalue weighted by Crippen LogP contribution is -2.29. The van der Waals surface area contributed by atoms with Crippen LogP contribution in [-0.4, -0.2) is 9.97 Å². The second-order valence-electron chi connectivity index (χ2n) is 3.59. The molecule has 0 saturated carbocycles. The molecule has 1 heterocycles. The molecule has 0 spiro atoms. The number of hydrogen-bond donors (Lipinski definition) is 2. The minimum absolute atomic E-state index is 0.116. The Balaban J connectivity index is 2.33. The summed E-state index contributed by atoms with van der Waals surface area (Å²) in [5.74, 6) is 5.56. The Morgan fingerprint density at radius 1 is 1.12 bits per heavy atom. The van der Waals surface area contributed by atoms with Crippen molar-refractivity contribution in [2.45, 2.75) is 13.0 Å². The Hall–Kier alpha value is -1.78. The van der Waals surface area contributed by atoms with Crippen molar-refractivity contribution >= 4 is 0 Å². The van der Waals surface area contributed by atoms with E-state index in [4.69, 9.17) is 5.84 Å². The summed E-state index contributed by atoms with van der Waals surface area (Å²) < 4.78 is 0. The molecule has 0 saturated heterocycles. The van der Waals surface area contributed by atoms with Crippen molar-refractivity contribution in [1.29, 1.82) is 0 Å². The summed E-state index contributed by atoms with van der Waals surface area (Å²) in [5, 5.41) is 0. The van der Waals surface area contributed by atoms with E-state index in [0.29, 0.717) is 0 Å². The molecular formula is C12H14N4. The molecule has 4 nitrogen and oxygen atoms in total. The molecule has 0 amide bonds. The van der Waals surface area contributed by atoms with Crippen molar-refractivity contribution in [3.05, 3.63) is 59.7 Å². The van der Waals surface area contributed by atoms with Crippen LogP contribution in [0.2, 0.25) is 0 Å². The average molecular weight is 214 g/mol. The summed E-state index contributed by atoms with van der Waals surface area (Å²) in [6.45, 7) is 1.91. The lowest BCUT2D eigenvalue weighted by molar-refractivity contribution is 0.617. The highest BCUT2D eigenvalue weighted by Crippen LogP contribution is 2.18. The predicted octanol–water partition coefficient (Wildman–Crippen LogP) is 1.34. The first-order valence-corrected chi connectivity index (χ1v) is 5.11. The molecule has 1 atom stereocenters. The smallest absolute Gasteiger partial charge is 0.0897 e. The average Bonchev–Trinajstić information content (AvgIpc) is 2.34. The molecule has 0 aliphatic rings. The normalized spacial score (nSPS) is 12.4. The number of benzene rings is 1. The largest absolute Gasteiger partial charge is 0.271 e. The second kappa shape index (κ2) is 4.83. The Morgan fingerprint density at radius 3 is 2.44 bits per heavy atom. The fourth-order valence-electron chi connectivity index (χ4n) is 1.55. The van der Waals surface area contributed by atoms with Crippen molar-refractivity contribution in [3.63, 3.8) is 0 Å². The number of rotatable bonds is 3. The zero-order valence-electron chi connectivity index (χ0n) is 9.09. The van der Waals surface area contributed by atoms with Gasteiger partial charge in [0.05, 0.1) is 23.6 Å². The van der Waals surface area contributed by atoms with Gasteiger partial charge in [0.1, 0.15) is 0 Å². The molecule has 2 aromatic rings. The molecular weight excluding hydrogens is 200 g/mol. The van der Waals surface area contributed by atoms with Gasteiger partial charge in [-0.3, -0.25) is 15.8 Å². The van der Waals surface area contributed by atoms with Gasteiger partial charge in [-0.1, -0.05) is 30.3 Å². The summed E-state index contributed by atoms with van der Waals surface area (Å²) in [6.07, 6.45) is 3.48. The Morgan fingerprint density at radius 2 is 1.88 bits per heavy atom. The van der Waals surface area contributed by atoms with Gasteiger partial charge in [-0.05, 0) is 12.5 Å². The third-order valence-electron chi connectivity index (χ3n) is 2.40. The fraction of sp³-hybridized carbons (Fsp3) is 0.167. The van der Waals surface area contributed by atoms with Gasteiger partial charge in [0, 0.05) is 6.20 Å². The summed E-state index contributed by atoms with van der Waals surface area (Å²) in [6, 6.07) is 9.81. The van der Waals surface area contributed by atoms with Crippen LogP contribution in [0.4, 0.5) is 0 Å². The van der Waals surface area contributed by atoms with Crippen molar-refractivity contribution in [3.8, 4) is 0 Å². The molecule has 0 fully saturated rings. The molecule has 0 aliphatic carbocycles. The van der Waals surface area contributed by atoms with E-state index < -0.39 is 0 Å². The number of nitrogens with two attached hydrogens (primary N) is 1. The summed E-state index contributed by atoms with van der Waals surface area (Å²) in [4.78, 5) is 8.54. The third-order valence-corrected chi connectivity index (χ3v) is 2.40. The van der Waals surface area contributed by atoms with Gasteiger partial charge in [-0.25, -0.2) is 5.43 Å². The van der Waals surface area contributed by atoms with E-state index in [-0.39, 0.29) is 6.04 Å². The van der Waals surface area contributed by atoms with Crippen LogP contribution in [0.5, 0.6) is 0 Å². The van der Waals surface area contributed by atoms with E-state index in [0.717, 1.165) is 17.0 Å². The number of hydrazine groups is 1. The highest BCUT2D eigenvalue weighted by atomic mass is 15.2. The Labute approximate surface area is 94.5 Å². The molecule has 1 aromatic carbocycles. The standard InChI is InChI=1S/C12H14N4/c1-9-7-15-11(8-14-9)12(16-13)10-5-3-2-4-6-10/h2-8,12,16H,13H2,1H3. The minimum Gasteiger partial charge on any atom is -0.271 e. The first kappa shape index (κ1) is 10.7. The Kier molecular flexibility index (Phi) is 3.24. The van der Waals surface area contributed by atoms with Crippen LogP contribution in [-0.2, 0) is 0 Å². The molecule has 0 bridgehead atoms. The molecule has 1 aromatic heterocycles. The number of aromatic nitrogens is 2. The van der Waals surface area contributed by atoms with Gasteiger partial charge in [-0.15, -0.1) is 0 Å². The van der Waals surface area contributed by atoms with Crippen molar-refractivity contribution < 1.29 is 0 Å². The van der Waals surface area contributed by atoms with Crippen molar-refractivity contribution in [2.24, 2.45) is 5.84 Å². The number of nitrogens with one attached hydrogen (secondary N) is 1. The maximum atomic E-state index is 5.56. The first-order valence-electron chi connectivity index (χ1n) is 5.11. The highest BCUT2D eigenvalue weighted by Gasteiger charge is 2.13. The van der Waals surface area contributed by atoms with Gasteiger partial charge < -0.3 is 0 Å². The van der Waals surface area contributed by atoms with Crippen LogP contribution in [0.3, 0.4) is 0 Å². The van der Waals surface area contributed by atoms with E-state index in [2.05, 4.69) is 15.4 Å². The lowest BCUT2D eigenvalue weighted by Gasteiger charge is -2.15. The maximum Gasteiger partial charge on any atom is 0.0897 e. The van der Waals surface area contributed by atoms with Crippen molar-refractivity contribution in [2.75, 3.05) is 0 Å². The number of hydrogen-bond acceptors (Lipinski definition) is 4. The van der Waals surface area contributed by atoms with Crippen LogP contribution in [0.25, 0.3) is 0 Å². The van der Waals surface area contributed by atoms with Crippen LogP contribution >= 0.6 is 0 Å². The van der Waals surface area contributed by atoms with E-state index in [1.807, 2.05) is 37.3 Å². The summed E-state index contributed by atoms with van der Waals surface area (Å²) in [7, 11) is 0. The summed E-state index contributed by atoms with van der Waals surface area (Å²) in [5.41, 5.74) is 5.54. The number of aryl methyl sites for hydroxylation is 1. The molecule has 2 rings (SSSR count). The molecule has 3 N–H and O–H groups in total. The zero-order chi connectivity index (χ0) is 11.4. The van der Waals surface area contributed by atoms with Gasteiger partial charge in [0.15, 0.2) is 0 Å². The molecule has 82 valence electrons. The first-order chi connectivity index (χ1) is 7.81. The van der Waals surface area contributed by atoms with Crippen LogP contribution in [0.1, 0.15) is 23.0 Å². The predicted molar refractivity (Wildman–Crippen MR) is 62.4 cm³/mol. The molecule has 1 unspecified atom stereocenters. The Bertz CT molecular complexity index is 438. The van der Waals surface area contributed by atoms with E-state index >= 15 is 0 Å². The van der Waals surface area contributed by atoms with E-state index in [1.54, 1.807) is 12.4 Å². The van der Waals surface area contributed by atoms with Crippen LogP contribution < -0.4 is 11.3 Å². The lowest BCUT2D eigenvalue weighted by atomic mass is 10.1. The molecule has 4 heteroatoms. The monoisotopic (exact) mass is 214 g/mol. The van der Waals surface area contributed by atoms with Crippen LogP contribution in [0, 0.1) is 6.92 Å². The van der Waals surface area contributed by atoms with E-state index in [1.165, 1.54) is 0 Å². The van der Waals surface area contributed by atoms with Crippen molar-refractivity contribution in [1.82, 2.24) is 15.4 Å². The molecule has 16 heavy (non-hydrogen) atoms. The zero-order valence-corrected chi connectivity index (χ0v) is 9.09. The van der Waals surface area contributed by atoms with Gasteiger partial charge in [0.2, 0.25) is 0 Å². The summed E-state index contributed by atoms with van der Waals surface area (Å²) >= 11 is 0. The highest BCUT2D eigenvalue weighted by molar-refractivity contribution is 5.26. The van der Waals surface area contributed by atoms with E-state index in [9.17, 15) is 0 Å². The van der Waals surface area contributed by atoms with Crippen LogP contribution in [0.15, 0.2) is 42.7 Å². The topological polar surface area (TPSA) is 63.8 Å². The fourth-order valence-corrected chi connectivity index (χ4v) is 1.55. The third kappa shape index (κ3) is 2.24. The SMILES string of the molecule is Cc1cnc(C(NN)c2ccccc2)cn1. The van der Waals surface area contributed by atoms with Gasteiger partial charge >= 0.3 is 0 Å². The van der Waals surface area contributed by atoms with Gasteiger partial charge in [-0.2, -0.15) is 0 Å². The minimum atomic E-state index is -0.116. The number of nitrogens with zero attached hydrogens (tertiary/aromatic N) is 2. The maximum absolute atomic E-state index is 5.56. The quantitative estimate of drug-likeness (QED) is 0.597. The molecule has 0 aliphatic heterocycles. The molecule has 0 radical (unpaired) electrons. The second-order valence-corrected chi connectivity index (χ2v) is 3.59. The van der Waals surface area contributed by atoms with Gasteiger partial charge in [0.25, 0.3) is 0 Å².